The zero-order valence-corrected chi connectivity index (χ0v) is 20.0. The van der Waals surface area contributed by atoms with Gasteiger partial charge in [-0.2, -0.15) is 9.61 Å². The molecule has 2 aromatic heterocycles. The smallest absolute Gasteiger partial charge is 0.165 e. The molecule has 0 unspecified atom stereocenters. The number of hydrogen-bond donors (Lipinski definition) is 0. The molecule has 0 amide bonds. The van der Waals surface area contributed by atoms with Crippen LogP contribution in [0.3, 0.4) is 0 Å². The van der Waals surface area contributed by atoms with E-state index >= 15 is 0 Å². The van der Waals surface area contributed by atoms with Gasteiger partial charge in [0.2, 0.25) is 0 Å². The van der Waals surface area contributed by atoms with Crippen molar-refractivity contribution in [2.45, 2.75) is 46.5 Å². The summed E-state index contributed by atoms with van der Waals surface area (Å²) in [6, 6.07) is 5.76. The fourth-order valence-electron chi connectivity index (χ4n) is 4.28. The van der Waals surface area contributed by atoms with Crippen LogP contribution < -0.4 is 9.64 Å². The van der Waals surface area contributed by atoms with Crippen molar-refractivity contribution in [3.8, 4) is 28.7 Å². The maximum absolute atomic E-state index is 6.64. The molecule has 4 rings (SSSR count). The van der Waals surface area contributed by atoms with Gasteiger partial charge in [0.1, 0.15) is 11.6 Å². The summed E-state index contributed by atoms with van der Waals surface area (Å²) >= 11 is 6.64. The number of aromatic nitrogens is 3. The van der Waals surface area contributed by atoms with Crippen LogP contribution in [0.4, 0.5) is 5.82 Å². The average molecular weight is 459 g/mol. The first-order valence-electron chi connectivity index (χ1n) is 10.5. The van der Waals surface area contributed by atoms with E-state index in [-0.39, 0.29) is 12.4 Å². The minimum Gasteiger partial charge on any atom is -0.497 e. The third kappa shape index (κ3) is 4.20. The van der Waals surface area contributed by atoms with Gasteiger partial charge in [0.05, 0.1) is 29.9 Å². The van der Waals surface area contributed by atoms with Gasteiger partial charge in [-0.1, -0.05) is 24.4 Å². The molecule has 0 saturated carbocycles. The van der Waals surface area contributed by atoms with Gasteiger partial charge in [-0.3, -0.25) is 0 Å². The van der Waals surface area contributed by atoms with E-state index in [0.717, 1.165) is 66.3 Å². The first-order valence-corrected chi connectivity index (χ1v) is 10.9. The molecule has 1 aliphatic carbocycles. The van der Waals surface area contributed by atoms with Crippen LogP contribution in [0, 0.1) is 18.8 Å². The lowest BCUT2D eigenvalue weighted by Crippen LogP contribution is -2.28. The summed E-state index contributed by atoms with van der Waals surface area (Å²) in [6.45, 7) is 7.72. The van der Waals surface area contributed by atoms with E-state index in [1.807, 2.05) is 36.6 Å². The summed E-state index contributed by atoms with van der Waals surface area (Å²) in [4.78, 5) is 7.42. The quantitative estimate of drug-likeness (QED) is 0.456. The largest absolute Gasteiger partial charge is 0.497 e. The highest BCUT2D eigenvalue weighted by Crippen LogP contribution is 2.39. The van der Waals surface area contributed by atoms with E-state index in [9.17, 15) is 0 Å². The van der Waals surface area contributed by atoms with Gasteiger partial charge in [-0.05, 0) is 57.7 Å². The van der Waals surface area contributed by atoms with Crippen LogP contribution >= 0.6 is 24.0 Å². The number of methoxy groups -OCH3 is 1. The van der Waals surface area contributed by atoms with Crippen molar-refractivity contribution in [1.82, 2.24) is 14.6 Å². The van der Waals surface area contributed by atoms with Gasteiger partial charge in [0, 0.05) is 23.4 Å². The minimum absolute atomic E-state index is 0. The highest BCUT2D eigenvalue weighted by molar-refractivity contribution is 6.33. The predicted molar refractivity (Wildman–Crippen MR) is 130 cm³/mol. The van der Waals surface area contributed by atoms with Gasteiger partial charge in [-0.25, -0.2) is 4.98 Å². The second-order valence-electron chi connectivity index (χ2n) is 7.60. The molecular formula is C24H28Cl2N4O. The average Bonchev–Trinajstić information content (AvgIpc) is 3.33. The van der Waals surface area contributed by atoms with Gasteiger partial charge in [0.15, 0.2) is 5.65 Å². The number of nitrogens with zero attached hydrogens (tertiary/aromatic N) is 4. The molecular weight excluding hydrogens is 431 g/mol. The molecule has 2 heterocycles. The van der Waals surface area contributed by atoms with Crippen LogP contribution in [0.2, 0.25) is 5.02 Å². The topological polar surface area (TPSA) is 42.7 Å². The molecule has 3 aromatic rings. The summed E-state index contributed by atoms with van der Waals surface area (Å²) in [7, 11) is 1.64. The maximum atomic E-state index is 6.64. The van der Waals surface area contributed by atoms with E-state index in [0.29, 0.717) is 11.6 Å². The SMILES string of the molecule is CC#CCN(CCC)c1c2c(nc3c(-c4ccc(OC)cc4Cl)c(C)nn13)CCC2.Cl. The molecule has 0 radical (unpaired) electrons. The van der Waals surface area contributed by atoms with Crippen molar-refractivity contribution < 1.29 is 4.74 Å². The number of hydrogen-bond acceptors (Lipinski definition) is 4. The second-order valence-corrected chi connectivity index (χ2v) is 8.01. The van der Waals surface area contributed by atoms with Gasteiger partial charge >= 0.3 is 0 Å². The molecule has 31 heavy (non-hydrogen) atoms. The number of rotatable bonds is 6. The lowest BCUT2D eigenvalue weighted by Gasteiger charge is -2.25. The van der Waals surface area contributed by atoms with E-state index in [1.54, 1.807) is 7.11 Å². The Morgan fingerprint density at radius 2 is 2.10 bits per heavy atom. The van der Waals surface area contributed by atoms with Crippen LogP contribution in [0.5, 0.6) is 5.75 Å². The first-order chi connectivity index (χ1) is 14.6. The Hall–Kier alpha value is -2.42. The molecule has 5 nitrogen and oxygen atoms in total. The summed E-state index contributed by atoms with van der Waals surface area (Å²) < 4.78 is 7.34. The summed E-state index contributed by atoms with van der Waals surface area (Å²) in [5.41, 5.74) is 6.17. The zero-order valence-electron chi connectivity index (χ0n) is 18.5. The van der Waals surface area contributed by atoms with Crippen LogP contribution in [-0.2, 0) is 12.8 Å². The summed E-state index contributed by atoms with van der Waals surface area (Å²) in [5.74, 6) is 8.15. The van der Waals surface area contributed by atoms with Crippen LogP contribution in [-0.4, -0.2) is 34.8 Å². The molecule has 0 atom stereocenters. The standard InChI is InChI=1S/C24H27ClN4O.ClH/c1-5-7-14-28(13-6-2)24-19-9-8-10-21(19)26-23-22(16(3)27-29(23)24)18-12-11-17(30-4)15-20(18)25;/h11-12,15H,6,8-10,13-14H2,1-4H3;1H. The van der Waals surface area contributed by atoms with E-state index in [2.05, 4.69) is 23.7 Å². The fourth-order valence-corrected chi connectivity index (χ4v) is 4.55. The molecule has 1 aliphatic rings. The molecule has 164 valence electrons. The normalized spacial score (nSPS) is 12.2. The molecule has 0 saturated heterocycles. The van der Waals surface area contributed by atoms with E-state index in [1.165, 1.54) is 11.3 Å². The number of fused-ring (bicyclic) bond motifs is 2. The van der Waals surface area contributed by atoms with Crippen LogP contribution in [0.15, 0.2) is 18.2 Å². The molecule has 0 fully saturated rings. The van der Waals surface area contributed by atoms with Crippen molar-refractivity contribution in [3.63, 3.8) is 0 Å². The Morgan fingerprint density at radius 3 is 2.77 bits per heavy atom. The first kappa shape index (κ1) is 23.2. The Kier molecular flexibility index (Phi) is 7.35. The molecule has 0 N–H and O–H groups in total. The van der Waals surface area contributed by atoms with Gasteiger partial charge in [-0.15, -0.1) is 18.3 Å². The lowest BCUT2D eigenvalue weighted by molar-refractivity contribution is 0.415. The van der Waals surface area contributed by atoms with Crippen molar-refractivity contribution in [3.05, 3.63) is 40.2 Å². The van der Waals surface area contributed by atoms with Crippen molar-refractivity contribution in [2.75, 3.05) is 25.1 Å². The Labute approximate surface area is 195 Å². The molecule has 0 aliphatic heterocycles. The fraction of sp³-hybridized carbons (Fsp3) is 0.417. The second kappa shape index (κ2) is 9.80. The van der Waals surface area contributed by atoms with Crippen molar-refractivity contribution >= 4 is 35.5 Å². The van der Waals surface area contributed by atoms with E-state index < -0.39 is 0 Å². The molecule has 1 aromatic carbocycles. The summed E-state index contributed by atoms with van der Waals surface area (Å²) in [6.07, 6.45) is 4.20. The Morgan fingerprint density at radius 1 is 1.29 bits per heavy atom. The third-order valence-electron chi connectivity index (χ3n) is 5.62. The number of halogens is 2. The van der Waals surface area contributed by atoms with Crippen molar-refractivity contribution in [1.29, 1.82) is 0 Å². The summed E-state index contributed by atoms with van der Waals surface area (Å²) in [5, 5.41) is 5.57. The molecule has 0 bridgehead atoms. The number of benzene rings is 1. The van der Waals surface area contributed by atoms with Gasteiger partial charge < -0.3 is 9.64 Å². The van der Waals surface area contributed by atoms with Gasteiger partial charge in [0.25, 0.3) is 0 Å². The molecule has 0 spiro atoms. The predicted octanol–water partition coefficient (Wildman–Crippen LogP) is 5.52. The minimum atomic E-state index is 0. The van der Waals surface area contributed by atoms with Crippen LogP contribution in [0.25, 0.3) is 16.8 Å². The maximum Gasteiger partial charge on any atom is 0.165 e. The number of ether oxygens (including phenoxy) is 1. The number of anilines is 1. The lowest BCUT2D eigenvalue weighted by atomic mass is 10.1. The Bertz CT molecular complexity index is 1160. The van der Waals surface area contributed by atoms with E-state index in [4.69, 9.17) is 26.4 Å². The monoisotopic (exact) mass is 458 g/mol. The molecule has 7 heteroatoms. The van der Waals surface area contributed by atoms with Crippen LogP contribution in [0.1, 0.15) is 43.6 Å². The highest BCUT2D eigenvalue weighted by atomic mass is 35.5. The van der Waals surface area contributed by atoms with Crippen molar-refractivity contribution in [2.24, 2.45) is 0 Å². The number of aryl methyl sites for hydroxylation is 2. The third-order valence-corrected chi connectivity index (χ3v) is 5.93. The zero-order chi connectivity index (χ0) is 21.3. The Balaban J connectivity index is 0.00000272. The highest BCUT2D eigenvalue weighted by Gasteiger charge is 2.27.